The van der Waals surface area contributed by atoms with Crippen LogP contribution in [0.1, 0.15) is 40.5 Å². The second-order valence-electron chi connectivity index (χ2n) is 3.62. The van der Waals surface area contributed by atoms with Crippen molar-refractivity contribution in [3.63, 3.8) is 0 Å². The smallest absolute Gasteiger partial charge is 0.223 e. The predicted octanol–water partition coefficient (Wildman–Crippen LogP) is 1.86. The molecule has 0 radical (unpaired) electrons. The summed E-state index contributed by atoms with van der Waals surface area (Å²) in [6.45, 7) is 7.75. The molecule has 1 unspecified atom stereocenters. The van der Waals surface area contributed by atoms with Crippen molar-refractivity contribution in [3.8, 4) is 0 Å². The maximum absolute atomic E-state index is 11.5. The number of carbonyl (C=O) groups is 2. The van der Waals surface area contributed by atoms with Crippen molar-refractivity contribution < 1.29 is 9.59 Å². The molecular weight excluding hydrogens is 178 g/mol. The van der Waals surface area contributed by atoms with Crippen molar-refractivity contribution in [2.45, 2.75) is 46.6 Å². The fraction of sp³-hybridized carbons (Fsp3) is 0.818. The van der Waals surface area contributed by atoms with Crippen LogP contribution in [0.15, 0.2) is 0 Å². The minimum absolute atomic E-state index is 0.0309. The molecule has 0 N–H and O–H groups in total. The fourth-order valence-corrected chi connectivity index (χ4v) is 1.52. The van der Waals surface area contributed by atoms with Crippen molar-refractivity contribution in [3.05, 3.63) is 0 Å². The van der Waals surface area contributed by atoms with Crippen molar-refractivity contribution >= 4 is 11.7 Å². The maximum Gasteiger partial charge on any atom is 0.223 e. The van der Waals surface area contributed by atoms with Gasteiger partial charge < -0.3 is 4.90 Å². The minimum Gasteiger partial charge on any atom is -0.336 e. The van der Waals surface area contributed by atoms with Gasteiger partial charge in [0, 0.05) is 19.4 Å². The van der Waals surface area contributed by atoms with Crippen LogP contribution in [0, 0.1) is 5.92 Å². The van der Waals surface area contributed by atoms with Crippen molar-refractivity contribution in [2.24, 2.45) is 5.92 Å². The van der Waals surface area contributed by atoms with E-state index in [-0.39, 0.29) is 23.7 Å². The topological polar surface area (TPSA) is 37.4 Å². The molecule has 1 rings (SSSR count). The van der Waals surface area contributed by atoms with E-state index in [2.05, 4.69) is 0 Å². The van der Waals surface area contributed by atoms with Crippen molar-refractivity contribution in [1.82, 2.24) is 4.90 Å². The lowest BCUT2D eigenvalue weighted by molar-refractivity contribution is -0.134. The van der Waals surface area contributed by atoms with Crippen LogP contribution in [0.3, 0.4) is 0 Å². The summed E-state index contributed by atoms with van der Waals surface area (Å²) in [5, 5.41) is 0. The van der Waals surface area contributed by atoms with Gasteiger partial charge in [0.1, 0.15) is 0 Å². The minimum atomic E-state index is -0.155. The second-order valence-corrected chi connectivity index (χ2v) is 3.62. The van der Waals surface area contributed by atoms with Gasteiger partial charge in [0.25, 0.3) is 0 Å². The molecule has 0 aromatic heterocycles. The molecule has 14 heavy (non-hydrogen) atoms. The quantitative estimate of drug-likeness (QED) is 0.680. The molecule has 3 heteroatoms. The average Bonchev–Trinajstić information content (AvgIpc) is 2.50. The summed E-state index contributed by atoms with van der Waals surface area (Å²) >= 11 is 0. The summed E-state index contributed by atoms with van der Waals surface area (Å²) in [5.41, 5.74) is 0. The predicted molar refractivity (Wildman–Crippen MR) is 57.0 cm³/mol. The largest absolute Gasteiger partial charge is 0.336 e. The molecule has 0 aromatic carbocycles. The van der Waals surface area contributed by atoms with Gasteiger partial charge in [0.15, 0.2) is 5.78 Å². The number of amides is 1. The number of nitrogens with zero attached hydrogens (tertiary/aromatic N) is 1. The fourth-order valence-electron chi connectivity index (χ4n) is 1.52. The third-order valence-electron chi connectivity index (χ3n) is 2.39. The summed E-state index contributed by atoms with van der Waals surface area (Å²) in [7, 11) is 1.71. The number of likely N-dealkylation sites (N-methyl/N-ethyl adjacent to an activating group) is 1. The highest BCUT2D eigenvalue weighted by Crippen LogP contribution is 2.19. The Hall–Kier alpha value is -0.860. The highest BCUT2D eigenvalue weighted by atomic mass is 16.2. The van der Waals surface area contributed by atoms with Gasteiger partial charge in [-0.3, -0.25) is 9.59 Å². The molecule has 1 saturated heterocycles. The molecule has 1 atom stereocenters. The lowest BCUT2D eigenvalue weighted by atomic mass is 10.0. The van der Waals surface area contributed by atoms with Gasteiger partial charge in [0.05, 0.1) is 6.04 Å². The molecule has 1 aliphatic rings. The van der Waals surface area contributed by atoms with Gasteiger partial charge in [0.2, 0.25) is 5.91 Å². The summed E-state index contributed by atoms with van der Waals surface area (Å²) in [4.78, 5) is 24.2. The summed E-state index contributed by atoms with van der Waals surface area (Å²) < 4.78 is 0. The SMILES string of the molecule is CC.CC(C)C(=O)C1CCC(=O)N1C. The molecular formula is C11H21NO2. The third-order valence-corrected chi connectivity index (χ3v) is 2.39. The Kier molecular flexibility index (Phi) is 5.43. The molecule has 0 spiro atoms. The zero-order valence-electron chi connectivity index (χ0n) is 9.83. The van der Waals surface area contributed by atoms with Gasteiger partial charge >= 0.3 is 0 Å². The van der Waals surface area contributed by atoms with E-state index in [1.807, 2.05) is 27.7 Å². The highest BCUT2D eigenvalue weighted by molar-refractivity contribution is 5.92. The molecule has 1 heterocycles. The molecule has 1 fully saturated rings. The van der Waals surface area contributed by atoms with Crippen LogP contribution in [-0.4, -0.2) is 29.7 Å². The van der Waals surface area contributed by atoms with Crippen molar-refractivity contribution in [1.29, 1.82) is 0 Å². The first-order chi connectivity index (χ1) is 6.54. The van der Waals surface area contributed by atoms with E-state index in [9.17, 15) is 9.59 Å². The van der Waals surface area contributed by atoms with Crippen LogP contribution in [-0.2, 0) is 9.59 Å². The van der Waals surface area contributed by atoms with Gasteiger partial charge in [-0.1, -0.05) is 27.7 Å². The van der Waals surface area contributed by atoms with Crippen LogP contribution >= 0.6 is 0 Å². The van der Waals surface area contributed by atoms with Crippen LogP contribution in [0.25, 0.3) is 0 Å². The lowest BCUT2D eigenvalue weighted by Gasteiger charge is -2.19. The maximum atomic E-state index is 11.5. The summed E-state index contributed by atoms with van der Waals surface area (Å²) in [5.74, 6) is 0.306. The van der Waals surface area contributed by atoms with E-state index in [1.165, 1.54) is 0 Å². The third kappa shape index (κ3) is 2.82. The number of hydrogen-bond donors (Lipinski definition) is 0. The van der Waals surface area contributed by atoms with Gasteiger partial charge in [-0.15, -0.1) is 0 Å². The Morgan fingerprint density at radius 1 is 1.43 bits per heavy atom. The number of hydrogen-bond acceptors (Lipinski definition) is 2. The van der Waals surface area contributed by atoms with E-state index in [0.717, 1.165) is 0 Å². The average molecular weight is 199 g/mol. The monoisotopic (exact) mass is 199 g/mol. The lowest BCUT2D eigenvalue weighted by Crippen LogP contribution is -2.37. The number of carbonyl (C=O) groups excluding carboxylic acids is 2. The van der Waals surface area contributed by atoms with Crippen molar-refractivity contribution in [2.75, 3.05) is 7.05 Å². The van der Waals surface area contributed by atoms with E-state index in [0.29, 0.717) is 12.8 Å². The molecule has 0 aliphatic carbocycles. The molecule has 1 aliphatic heterocycles. The number of ketones is 1. The first kappa shape index (κ1) is 13.1. The Labute approximate surface area is 86.5 Å². The van der Waals surface area contributed by atoms with Crippen LogP contribution in [0.4, 0.5) is 0 Å². The Morgan fingerprint density at radius 2 is 1.93 bits per heavy atom. The Bertz CT molecular complexity index is 211. The van der Waals surface area contributed by atoms with Crippen LogP contribution in [0.5, 0.6) is 0 Å². The molecule has 0 bridgehead atoms. The first-order valence-corrected chi connectivity index (χ1v) is 5.33. The first-order valence-electron chi connectivity index (χ1n) is 5.33. The number of rotatable bonds is 2. The summed E-state index contributed by atoms with van der Waals surface area (Å²) in [6.07, 6.45) is 1.23. The highest BCUT2D eigenvalue weighted by Gasteiger charge is 2.33. The molecule has 82 valence electrons. The zero-order chi connectivity index (χ0) is 11.3. The second kappa shape index (κ2) is 5.78. The van der Waals surface area contributed by atoms with Gasteiger partial charge in [-0.05, 0) is 6.42 Å². The normalized spacial score (nSPS) is 20.9. The summed E-state index contributed by atoms with van der Waals surface area (Å²) in [6, 6.07) is -0.155. The van der Waals surface area contributed by atoms with Crippen LogP contribution < -0.4 is 0 Å². The number of likely N-dealkylation sites (tertiary alicyclic amines) is 1. The standard InChI is InChI=1S/C9H15NO2.C2H6/c1-6(2)9(12)7-4-5-8(11)10(7)3;1-2/h6-7H,4-5H2,1-3H3;1-2H3. The van der Waals surface area contributed by atoms with Gasteiger partial charge in [-0.2, -0.15) is 0 Å². The van der Waals surface area contributed by atoms with E-state index >= 15 is 0 Å². The molecule has 1 amide bonds. The molecule has 0 aromatic rings. The van der Waals surface area contributed by atoms with Crippen LogP contribution in [0.2, 0.25) is 0 Å². The number of Topliss-reactive ketones (excluding diaryl/α,β-unsaturated/α-hetero) is 1. The van der Waals surface area contributed by atoms with Gasteiger partial charge in [-0.25, -0.2) is 0 Å². The van der Waals surface area contributed by atoms with E-state index in [4.69, 9.17) is 0 Å². The Morgan fingerprint density at radius 3 is 2.21 bits per heavy atom. The van der Waals surface area contributed by atoms with E-state index in [1.54, 1.807) is 11.9 Å². The zero-order valence-corrected chi connectivity index (χ0v) is 9.83. The van der Waals surface area contributed by atoms with E-state index < -0.39 is 0 Å². The Balaban J connectivity index is 0.000000791. The molecule has 3 nitrogen and oxygen atoms in total. The molecule has 0 saturated carbocycles.